The van der Waals surface area contributed by atoms with Gasteiger partial charge in [-0.25, -0.2) is 0 Å². The third-order valence-corrected chi connectivity index (χ3v) is 4.92. The number of hydrogen-bond donors (Lipinski definition) is 0. The first-order valence-electron chi connectivity index (χ1n) is 7.45. The van der Waals surface area contributed by atoms with Crippen molar-refractivity contribution in [1.29, 1.82) is 0 Å². The lowest BCUT2D eigenvalue weighted by Gasteiger charge is -2.47. The molecule has 0 amide bonds. The van der Waals surface area contributed by atoms with Crippen LogP contribution < -0.4 is 4.74 Å². The van der Waals surface area contributed by atoms with Gasteiger partial charge in [-0.2, -0.15) is 0 Å². The summed E-state index contributed by atoms with van der Waals surface area (Å²) < 4.78 is 12.1. The number of hydrogen-bond acceptors (Lipinski definition) is 2. The highest BCUT2D eigenvalue weighted by molar-refractivity contribution is 5.88. The second-order valence-corrected chi connectivity index (χ2v) is 6.48. The topological polar surface area (TPSA) is 18.5 Å². The molecule has 104 valence electrons. The van der Waals surface area contributed by atoms with Crippen LogP contribution in [-0.4, -0.2) is 18.8 Å². The van der Waals surface area contributed by atoms with E-state index in [1.165, 1.54) is 16.3 Å². The van der Waals surface area contributed by atoms with E-state index in [2.05, 4.69) is 50.2 Å². The third kappa shape index (κ3) is 1.68. The van der Waals surface area contributed by atoms with Crippen LogP contribution in [0.1, 0.15) is 31.7 Å². The van der Waals surface area contributed by atoms with E-state index < -0.39 is 0 Å². The van der Waals surface area contributed by atoms with Crippen LogP contribution in [0.25, 0.3) is 10.8 Å². The molecular formula is C18H20O2. The molecule has 0 N–H and O–H groups in total. The largest absolute Gasteiger partial charge is 0.487 e. The number of rotatable bonds is 0. The van der Waals surface area contributed by atoms with Crippen LogP contribution in [0, 0.1) is 5.92 Å². The third-order valence-electron chi connectivity index (χ3n) is 4.92. The monoisotopic (exact) mass is 268 g/mol. The number of ether oxygens (including phenoxy) is 2. The van der Waals surface area contributed by atoms with Gasteiger partial charge in [0, 0.05) is 24.0 Å². The molecule has 2 heterocycles. The molecule has 0 radical (unpaired) electrons. The van der Waals surface area contributed by atoms with Crippen molar-refractivity contribution in [1.82, 2.24) is 0 Å². The van der Waals surface area contributed by atoms with Crippen LogP contribution in [0.3, 0.4) is 0 Å². The molecule has 2 aromatic carbocycles. The first-order chi connectivity index (χ1) is 9.67. The van der Waals surface area contributed by atoms with E-state index in [1.807, 2.05) is 0 Å². The van der Waals surface area contributed by atoms with Crippen molar-refractivity contribution in [3.63, 3.8) is 0 Å². The fourth-order valence-corrected chi connectivity index (χ4v) is 3.96. The van der Waals surface area contributed by atoms with Crippen LogP contribution in [0.5, 0.6) is 5.75 Å². The molecule has 4 rings (SSSR count). The Morgan fingerprint density at radius 1 is 1.10 bits per heavy atom. The zero-order chi connectivity index (χ0) is 13.7. The molecule has 0 bridgehead atoms. The van der Waals surface area contributed by atoms with Gasteiger partial charge >= 0.3 is 0 Å². The van der Waals surface area contributed by atoms with Crippen LogP contribution in [0.4, 0.5) is 0 Å². The SMILES string of the molecule is CC1(C)Oc2ccc3ccccc3c2C2COCCC21. The van der Waals surface area contributed by atoms with Gasteiger partial charge in [-0.15, -0.1) is 0 Å². The zero-order valence-electron chi connectivity index (χ0n) is 12.1. The summed E-state index contributed by atoms with van der Waals surface area (Å²) in [5.74, 6) is 2.03. The lowest BCUT2D eigenvalue weighted by atomic mass is 9.71. The van der Waals surface area contributed by atoms with Crippen molar-refractivity contribution < 1.29 is 9.47 Å². The summed E-state index contributed by atoms with van der Waals surface area (Å²) in [5, 5.41) is 2.61. The van der Waals surface area contributed by atoms with Crippen molar-refractivity contribution >= 4 is 10.8 Å². The Kier molecular flexibility index (Phi) is 2.58. The Bertz CT molecular complexity index is 660. The van der Waals surface area contributed by atoms with Crippen molar-refractivity contribution in [2.45, 2.75) is 31.8 Å². The van der Waals surface area contributed by atoms with E-state index in [1.54, 1.807) is 0 Å². The molecule has 1 saturated heterocycles. The Labute approximate surface area is 119 Å². The smallest absolute Gasteiger partial charge is 0.124 e. The molecule has 2 aromatic rings. The first kappa shape index (κ1) is 12.2. The molecule has 20 heavy (non-hydrogen) atoms. The molecule has 2 nitrogen and oxygen atoms in total. The van der Waals surface area contributed by atoms with E-state index in [0.29, 0.717) is 11.8 Å². The molecule has 2 atom stereocenters. The van der Waals surface area contributed by atoms with Gasteiger partial charge in [-0.1, -0.05) is 30.3 Å². The maximum atomic E-state index is 6.34. The van der Waals surface area contributed by atoms with E-state index in [9.17, 15) is 0 Å². The molecule has 0 saturated carbocycles. The van der Waals surface area contributed by atoms with E-state index >= 15 is 0 Å². The fraction of sp³-hybridized carbons (Fsp3) is 0.444. The highest BCUT2D eigenvalue weighted by atomic mass is 16.5. The first-order valence-corrected chi connectivity index (χ1v) is 7.45. The Hall–Kier alpha value is -1.54. The summed E-state index contributed by atoms with van der Waals surface area (Å²) in [6.45, 7) is 6.11. The average Bonchev–Trinajstić information content (AvgIpc) is 2.46. The molecule has 2 heteroatoms. The quantitative estimate of drug-likeness (QED) is 0.715. The second kappa shape index (κ2) is 4.23. The molecule has 0 spiro atoms. The molecule has 0 aliphatic carbocycles. The number of benzene rings is 2. The Morgan fingerprint density at radius 3 is 2.85 bits per heavy atom. The molecule has 2 aliphatic rings. The van der Waals surface area contributed by atoms with Crippen molar-refractivity contribution in [3.8, 4) is 5.75 Å². The summed E-state index contributed by atoms with van der Waals surface area (Å²) >= 11 is 0. The van der Waals surface area contributed by atoms with E-state index in [0.717, 1.165) is 25.4 Å². The van der Waals surface area contributed by atoms with E-state index in [-0.39, 0.29) is 5.60 Å². The van der Waals surface area contributed by atoms with Gasteiger partial charge in [0.25, 0.3) is 0 Å². The fourth-order valence-electron chi connectivity index (χ4n) is 3.96. The number of fused-ring (bicyclic) bond motifs is 5. The predicted molar refractivity (Wildman–Crippen MR) is 80.3 cm³/mol. The van der Waals surface area contributed by atoms with Crippen LogP contribution in [-0.2, 0) is 4.74 Å². The molecule has 2 unspecified atom stereocenters. The standard InChI is InChI=1S/C18H20O2/c1-18(2)15-9-10-19-11-14(15)17-13-6-4-3-5-12(13)7-8-16(17)20-18/h3-8,14-15H,9-11H2,1-2H3. The van der Waals surface area contributed by atoms with Crippen molar-refractivity contribution in [3.05, 3.63) is 42.0 Å². The minimum Gasteiger partial charge on any atom is -0.487 e. The Morgan fingerprint density at radius 2 is 1.95 bits per heavy atom. The maximum Gasteiger partial charge on any atom is 0.124 e. The lowest BCUT2D eigenvalue weighted by molar-refractivity contribution is -0.0569. The molecule has 2 aliphatic heterocycles. The predicted octanol–water partition coefficient (Wildman–Crippen LogP) is 4.13. The minimum atomic E-state index is -0.107. The summed E-state index contributed by atoms with van der Waals surface area (Å²) in [4.78, 5) is 0. The summed E-state index contributed by atoms with van der Waals surface area (Å²) in [6, 6.07) is 12.9. The lowest BCUT2D eigenvalue weighted by Crippen LogP contribution is -2.48. The van der Waals surface area contributed by atoms with Crippen molar-refractivity contribution in [2.75, 3.05) is 13.2 Å². The second-order valence-electron chi connectivity index (χ2n) is 6.48. The maximum absolute atomic E-state index is 6.34. The van der Waals surface area contributed by atoms with Crippen LogP contribution in [0.2, 0.25) is 0 Å². The van der Waals surface area contributed by atoms with Gasteiger partial charge in [0.2, 0.25) is 0 Å². The zero-order valence-corrected chi connectivity index (χ0v) is 12.1. The summed E-state index contributed by atoms with van der Waals surface area (Å²) in [6.07, 6.45) is 1.08. The highest BCUT2D eigenvalue weighted by Gasteiger charge is 2.45. The summed E-state index contributed by atoms with van der Waals surface area (Å²) in [5.41, 5.74) is 1.25. The average molecular weight is 268 g/mol. The molecule has 1 fully saturated rings. The van der Waals surface area contributed by atoms with Gasteiger partial charge in [0.15, 0.2) is 0 Å². The van der Waals surface area contributed by atoms with Crippen LogP contribution in [0.15, 0.2) is 36.4 Å². The van der Waals surface area contributed by atoms with Gasteiger partial charge in [0.1, 0.15) is 11.4 Å². The van der Waals surface area contributed by atoms with Gasteiger partial charge in [0.05, 0.1) is 6.61 Å². The molecule has 0 aromatic heterocycles. The van der Waals surface area contributed by atoms with Gasteiger partial charge < -0.3 is 9.47 Å². The highest BCUT2D eigenvalue weighted by Crippen LogP contribution is 2.50. The summed E-state index contributed by atoms with van der Waals surface area (Å²) in [7, 11) is 0. The van der Waals surface area contributed by atoms with Crippen molar-refractivity contribution in [2.24, 2.45) is 5.92 Å². The minimum absolute atomic E-state index is 0.107. The normalized spacial score (nSPS) is 27.5. The van der Waals surface area contributed by atoms with Gasteiger partial charge in [-0.3, -0.25) is 0 Å². The molecular weight excluding hydrogens is 248 g/mol. The Balaban J connectivity index is 1.97. The van der Waals surface area contributed by atoms with Gasteiger partial charge in [-0.05, 0) is 37.1 Å². The van der Waals surface area contributed by atoms with Crippen LogP contribution >= 0.6 is 0 Å². The van der Waals surface area contributed by atoms with E-state index in [4.69, 9.17) is 9.47 Å².